The SMILES string of the molecule is CC(C)CCOCCC(O)c1ccccc1. The third-order valence-corrected chi connectivity index (χ3v) is 2.56. The van der Waals surface area contributed by atoms with Crippen LogP contribution in [-0.4, -0.2) is 18.3 Å². The number of benzene rings is 1. The monoisotopic (exact) mass is 222 g/mol. The number of aliphatic hydroxyl groups excluding tert-OH is 1. The second kappa shape index (κ2) is 7.42. The molecule has 90 valence electrons. The van der Waals surface area contributed by atoms with E-state index in [9.17, 15) is 5.11 Å². The highest BCUT2D eigenvalue weighted by molar-refractivity contribution is 5.16. The van der Waals surface area contributed by atoms with Crippen molar-refractivity contribution in [3.8, 4) is 0 Å². The van der Waals surface area contributed by atoms with Gasteiger partial charge < -0.3 is 9.84 Å². The average molecular weight is 222 g/mol. The Morgan fingerprint density at radius 3 is 2.31 bits per heavy atom. The maximum absolute atomic E-state index is 9.85. The van der Waals surface area contributed by atoms with Crippen LogP contribution >= 0.6 is 0 Å². The molecule has 1 N–H and O–H groups in total. The Balaban J connectivity index is 2.14. The Labute approximate surface area is 98.3 Å². The first kappa shape index (κ1) is 13.2. The van der Waals surface area contributed by atoms with Gasteiger partial charge in [0.25, 0.3) is 0 Å². The van der Waals surface area contributed by atoms with Crippen molar-refractivity contribution >= 4 is 0 Å². The fourth-order valence-corrected chi connectivity index (χ4v) is 1.46. The van der Waals surface area contributed by atoms with Gasteiger partial charge in [-0.05, 0) is 17.9 Å². The van der Waals surface area contributed by atoms with E-state index in [1.54, 1.807) is 0 Å². The van der Waals surface area contributed by atoms with E-state index < -0.39 is 6.10 Å². The topological polar surface area (TPSA) is 29.5 Å². The third-order valence-electron chi connectivity index (χ3n) is 2.56. The van der Waals surface area contributed by atoms with Crippen molar-refractivity contribution in [2.75, 3.05) is 13.2 Å². The molecule has 1 atom stereocenters. The van der Waals surface area contributed by atoms with Crippen LogP contribution in [0.4, 0.5) is 0 Å². The van der Waals surface area contributed by atoms with Crippen molar-refractivity contribution in [3.05, 3.63) is 35.9 Å². The summed E-state index contributed by atoms with van der Waals surface area (Å²) >= 11 is 0. The Bertz CT molecular complexity index is 269. The van der Waals surface area contributed by atoms with Crippen LogP contribution in [0.1, 0.15) is 38.4 Å². The van der Waals surface area contributed by atoms with Gasteiger partial charge in [0.1, 0.15) is 0 Å². The van der Waals surface area contributed by atoms with Crippen LogP contribution in [-0.2, 0) is 4.74 Å². The summed E-state index contributed by atoms with van der Waals surface area (Å²) in [6.45, 7) is 5.78. The molecule has 1 unspecified atom stereocenters. The lowest BCUT2D eigenvalue weighted by Crippen LogP contribution is -2.05. The predicted molar refractivity (Wildman–Crippen MR) is 66.3 cm³/mol. The molecule has 0 radical (unpaired) electrons. The second-order valence-corrected chi connectivity index (χ2v) is 4.51. The summed E-state index contributed by atoms with van der Waals surface area (Å²) in [7, 11) is 0. The van der Waals surface area contributed by atoms with Gasteiger partial charge in [-0.15, -0.1) is 0 Å². The van der Waals surface area contributed by atoms with Gasteiger partial charge >= 0.3 is 0 Å². The minimum Gasteiger partial charge on any atom is -0.388 e. The molecular weight excluding hydrogens is 200 g/mol. The molecule has 2 nitrogen and oxygen atoms in total. The van der Waals surface area contributed by atoms with Gasteiger partial charge in [-0.25, -0.2) is 0 Å². The van der Waals surface area contributed by atoms with E-state index in [4.69, 9.17) is 4.74 Å². The minimum atomic E-state index is -0.403. The average Bonchev–Trinajstić information content (AvgIpc) is 2.29. The van der Waals surface area contributed by atoms with Crippen molar-refractivity contribution in [2.45, 2.75) is 32.8 Å². The van der Waals surface area contributed by atoms with Crippen LogP contribution in [0, 0.1) is 5.92 Å². The molecule has 0 saturated carbocycles. The van der Waals surface area contributed by atoms with E-state index >= 15 is 0 Å². The van der Waals surface area contributed by atoms with Crippen LogP contribution in [0.15, 0.2) is 30.3 Å². The quantitative estimate of drug-likeness (QED) is 0.718. The molecule has 0 heterocycles. The lowest BCUT2D eigenvalue weighted by atomic mass is 10.1. The molecule has 0 aromatic heterocycles. The summed E-state index contributed by atoms with van der Waals surface area (Å²) in [4.78, 5) is 0. The van der Waals surface area contributed by atoms with E-state index in [1.807, 2.05) is 30.3 Å². The van der Waals surface area contributed by atoms with Crippen LogP contribution in [0.5, 0.6) is 0 Å². The van der Waals surface area contributed by atoms with Crippen LogP contribution in [0.2, 0.25) is 0 Å². The molecule has 1 aromatic rings. The number of ether oxygens (including phenoxy) is 1. The summed E-state index contributed by atoms with van der Waals surface area (Å²) in [6.07, 6.45) is 1.35. The number of rotatable bonds is 7. The number of aliphatic hydroxyl groups is 1. The highest BCUT2D eigenvalue weighted by Gasteiger charge is 2.06. The minimum absolute atomic E-state index is 0.403. The molecule has 0 amide bonds. The zero-order chi connectivity index (χ0) is 11.8. The third kappa shape index (κ3) is 5.29. The number of hydrogen-bond acceptors (Lipinski definition) is 2. The Hall–Kier alpha value is -0.860. The molecule has 2 heteroatoms. The first-order valence-electron chi connectivity index (χ1n) is 6.01. The summed E-state index contributed by atoms with van der Waals surface area (Å²) in [5, 5.41) is 9.85. The van der Waals surface area contributed by atoms with Crippen molar-refractivity contribution in [1.82, 2.24) is 0 Å². The molecule has 1 aromatic carbocycles. The van der Waals surface area contributed by atoms with Crippen LogP contribution < -0.4 is 0 Å². The Morgan fingerprint density at radius 1 is 1.06 bits per heavy atom. The van der Waals surface area contributed by atoms with Gasteiger partial charge in [0.15, 0.2) is 0 Å². The second-order valence-electron chi connectivity index (χ2n) is 4.51. The molecule has 0 aliphatic heterocycles. The zero-order valence-electron chi connectivity index (χ0n) is 10.2. The predicted octanol–water partition coefficient (Wildman–Crippen LogP) is 3.17. The van der Waals surface area contributed by atoms with Gasteiger partial charge in [-0.2, -0.15) is 0 Å². The van der Waals surface area contributed by atoms with Crippen molar-refractivity contribution in [3.63, 3.8) is 0 Å². The summed E-state index contributed by atoms with van der Waals surface area (Å²) < 4.78 is 5.48. The van der Waals surface area contributed by atoms with E-state index in [-0.39, 0.29) is 0 Å². The molecule has 0 aliphatic carbocycles. The van der Waals surface area contributed by atoms with Crippen molar-refractivity contribution in [2.24, 2.45) is 5.92 Å². The summed E-state index contributed by atoms with van der Waals surface area (Å²) in [5.41, 5.74) is 0.968. The first-order chi connectivity index (χ1) is 7.70. The lowest BCUT2D eigenvalue weighted by molar-refractivity contribution is 0.0767. The lowest BCUT2D eigenvalue weighted by Gasteiger charge is -2.11. The molecule has 16 heavy (non-hydrogen) atoms. The molecule has 0 saturated heterocycles. The molecule has 0 aliphatic rings. The molecule has 0 fully saturated rings. The van der Waals surface area contributed by atoms with Gasteiger partial charge in [-0.3, -0.25) is 0 Å². The van der Waals surface area contributed by atoms with E-state index in [0.29, 0.717) is 18.9 Å². The largest absolute Gasteiger partial charge is 0.388 e. The van der Waals surface area contributed by atoms with Gasteiger partial charge in [-0.1, -0.05) is 44.2 Å². The smallest absolute Gasteiger partial charge is 0.0812 e. The molecule has 1 rings (SSSR count). The Morgan fingerprint density at radius 2 is 1.69 bits per heavy atom. The van der Waals surface area contributed by atoms with E-state index in [1.165, 1.54) is 0 Å². The maximum atomic E-state index is 9.85. The van der Waals surface area contributed by atoms with Crippen LogP contribution in [0.25, 0.3) is 0 Å². The molecular formula is C14H22O2. The van der Waals surface area contributed by atoms with Crippen molar-refractivity contribution in [1.29, 1.82) is 0 Å². The van der Waals surface area contributed by atoms with Gasteiger partial charge in [0.2, 0.25) is 0 Å². The Kier molecular flexibility index (Phi) is 6.12. The van der Waals surface area contributed by atoms with Crippen LogP contribution in [0.3, 0.4) is 0 Å². The zero-order valence-corrected chi connectivity index (χ0v) is 10.2. The highest BCUT2D eigenvalue weighted by atomic mass is 16.5. The molecule has 0 bridgehead atoms. The maximum Gasteiger partial charge on any atom is 0.0812 e. The fourth-order valence-electron chi connectivity index (χ4n) is 1.46. The van der Waals surface area contributed by atoms with Crippen molar-refractivity contribution < 1.29 is 9.84 Å². The normalized spacial score (nSPS) is 13.0. The van der Waals surface area contributed by atoms with E-state index in [2.05, 4.69) is 13.8 Å². The first-order valence-corrected chi connectivity index (χ1v) is 6.01. The molecule has 0 spiro atoms. The van der Waals surface area contributed by atoms with E-state index in [0.717, 1.165) is 18.6 Å². The standard InChI is InChI=1S/C14H22O2/c1-12(2)8-10-16-11-9-14(15)13-6-4-3-5-7-13/h3-7,12,14-15H,8-11H2,1-2H3. The number of hydrogen-bond donors (Lipinski definition) is 1. The van der Waals surface area contributed by atoms with Gasteiger partial charge in [0.05, 0.1) is 6.10 Å². The summed E-state index contributed by atoms with van der Waals surface area (Å²) in [6, 6.07) is 9.73. The highest BCUT2D eigenvalue weighted by Crippen LogP contribution is 2.15. The fraction of sp³-hybridized carbons (Fsp3) is 0.571. The summed E-state index contributed by atoms with van der Waals surface area (Å²) in [5.74, 6) is 0.680. The van der Waals surface area contributed by atoms with Gasteiger partial charge in [0, 0.05) is 19.6 Å².